The smallest absolute Gasteiger partial charge is 0.00204 e. The summed E-state index contributed by atoms with van der Waals surface area (Å²) in [6, 6.07) is 8.84. The molecule has 1 heterocycles. The Hall–Kier alpha value is -0.860. The lowest BCUT2D eigenvalue weighted by molar-refractivity contribution is 0.365. The van der Waals surface area contributed by atoms with Crippen LogP contribution in [-0.2, 0) is 0 Å². The van der Waals surface area contributed by atoms with Crippen molar-refractivity contribution < 1.29 is 0 Å². The summed E-state index contributed by atoms with van der Waals surface area (Å²) in [4.78, 5) is 2.45. The number of likely N-dealkylation sites (N-methyl/N-ethyl adjacent to an activating group) is 1. The average Bonchev–Trinajstić information content (AvgIpc) is 2.74. The lowest BCUT2D eigenvalue weighted by Gasteiger charge is -2.25. The molecule has 94 valence electrons. The van der Waals surface area contributed by atoms with Gasteiger partial charge in [-0.1, -0.05) is 24.3 Å². The van der Waals surface area contributed by atoms with Gasteiger partial charge in [0.25, 0.3) is 0 Å². The maximum Gasteiger partial charge on any atom is 0.00204 e. The zero-order valence-electron chi connectivity index (χ0n) is 11.2. The van der Waals surface area contributed by atoms with E-state index in [2.05, 4.69) is 55.5 Å². The second kappa shape index (κ2) is 5.65. The first-order valence-corrected chi connectivity index (χ1v) is 6.61. The molecule has 2 rings (SSSR count). The standard InChI is InChI=1S/C15H24N2/c1-12-6-4-5-7-14(12)15(10-16-2)13-8-9-17(3)11-13/h4-7,13,15-16H,8-11H2,1-3H3. The van der Waals surface area contributed by atoms with Crippen LogP contribution in [0, 0.1) is 12.8 Å². The largest absolute Gasteiger partial charge is 0.319 e. The first kappa shape index (κ1) is 12.6. The highest BCUT2D eigenvalue weighted by molar-refractivity contribution is 5.30. The summed E-state index contributed by atoms with van der Waals surface area (Å²) in [5, 5.41) is 3.37. The fourth-order valence-electron chi connectivity index (χ4n) is 3.05. The molecule has 1 N–H and O–H groups in total. The van der Waals surface area contributed by atoms with E-state index in [-0.39, 0.29) is 0 Å². The Morgan fingerprint density at radius 2 is 2.18 bits per heavy atom. The van der Waals surface area contributed by atoms with Gasteiger partial charge in [0, 0.05) is 19.0 Å². The van der Waals surface area contributed by atoms with Gasteiger partial charge in [-0.3, -0.25) is 0 Å². The average molecular weight is 232 g/mol. The number of nitrogens with zero attached hydrogens (tertiary/aromatic N) is 1. The van der Waals surface area contributed by atoms with Crippen molar-refractivity contribution in [2.75, 3.05) is 33.7 Å². The van der Waals surface area contributed by atoms with Crippen LogP contribution >= 0.6 is 0 Å². The van der Waals surface area contributed by atoms with Gasteiger partial charge in [0.15, 0.2) is 0 Å². The highest BCUT2D eigenvalue weighted by Crippen LogP contribution is 2.32. The molecule has 2 atom stereocenters. The third-order valence-corrected chi connectivity index (χ3v) is 4.01. The van der Waals surface area contributed by atoms with Gasteiger partial charge in [-0.25, -0.2) is 0 Å². The first-order chi connectivity index (χ1) is 8.22. The zero-order valence-corrected chi connectivity index (χ0v) is 11.2. The van der Waals surface area contributed by atoms with Crippen molar-refractivity contribution in [1.82, 2.24) is 10.2 Å². The van der Waals surface area contributed by atoms with E-state index in [0.717, 1.165) is 12.5 Å². The van der Waals surface area contributed by atoms with Crippen LogP contribution in [-0.4, -0.2) is 38.6 Å². The summed E-state index contributed by atoms with van der Waals surface area (Å²) in [5.41, 5.74) is 2.96. The summed E-state index contributed by atoms with van der Waals surface area (Å²) < 4.78 is 0. The van der Waals surface area contributed by atoms with Crippen LogP contribution in [0.3, 0.4) is 0 Å². The number of hydrogen-bond donors (Lipinski definition) is 1. The molecular formula is C15H24N2. The summed E-state index contributed by atoms with van der Waals surface area (Å²) in [6.45, 7) is 5.80. The number of rotatable bonds is 4. The Bertz CT molecular complexity index is 362. The lowest BCUT2D eigenvalue weighted by Crippen LogP contribution is -2.26. The molecule has 0 amide bonds. The molecule has 1 fully saturated rings. The van der Waals surface area contributed by atoms with Crippen molar-refractivity contribution >= 4 is 0 Å². The van der Waals surface area contributed by atoms with Crippen molar-refractivity contribution in [3.05, 3.63) is 35.4 Å². The van der Waals surface area contributed by atoms with Crippen LogP contribution < -0.4 is 5.32 Å². The SMILES string of the molecule is CNCC(c1ccccc1C)C1CCN(C)C1. The molecular weight excluding hydrogens is 208 g/mol. The zero-order chi connectivity index (χ0) is 12.3. The second-order valence-electron chi connectivity index (χ2n) is 5.33. The van der Waals surface area contributed by atoms with E-state index >= 15 is 0 Å². The number of hydrogen-bond acceptors (Lipinski definition) is 2. The third kappa shape index (κ3) is 2.88. The Kier molecular flexibility index (Phi) is 4.19. The van der Waals surface area contributed by atoms with Crippen LogP contribution in [0.2, 0.25) is 0 Å². The molecule has 0 bridgehead atoms. The van der Waals surface area contributed by atoms with Gasteiger partial charge < -0.3 is 10.2 Å². The van der Waals surface area contributed by atoms with Gasteiger partial charge in [0.1, 0.15) is 0 Å². The predicted molar refractivity (Wildman–Crippen MR) is 73.5 cm³/mol. The van der Waals surface area contributed by atoms with Gasteiger partial charge in [-0.05, 0) is 51.0 Å². The van der Waals surface area contributed by atoms with E-state index in [1.165, 1.54) is 30.6 Å². The van der Waals surface area contributed by atoms with E-state index in [9.17, 15) is 0 Å². The topological polar surface area (TPSA) is 15.3 Å². The maximum absolute atomic E-state index is 3.37. The van der Waals surface area contributed by atoms with E-state index < -0.39 is 0 Å². The molecule has 0 saturated carbocycles. The molecule has 0 aromatic heterocycles. The van der Waals surface area contributed by atoms with Crippen LogP contribution in [0.25, 0.3) is 0 Å². The second-order valence-corrected chi connectivity index (χ2v) is 5.33. The number of benzene rings is 1. The maximum atomic E-state index is 3.37. The Morgan fingerprint density at radius 3 is 2.76 bits per heavy atom. The lowest BCUT2D eigenvalue weighted by atomic mass is 9.83. The number of aryl methyl sites for hydroxylation is 1. The van der Waals surface area contributed by atoms with Crippen molar-refractivity contribution in [2.24, 2.45) is 5.92 Å². The van der Waals surface area contributed by atoms with Gasteiger partial charge in [-0.2, -0.15) is 0 Å². The van der Waals surface area contributed by atoms with Gasteiger partial charge >= 0.3 is 0 Å². The molecule has 17 heavy (non-hydrogen) atoms. The summed E-state index contributed by atoms with van der Waals surface area (Å²) in [6.07, 6.45) is 1.33. The molecule has 2 unspecified atom stereocenters. The summed E-state index contributed by atoms with van der Waals surface area (Å²) in [7, 11) is 4.29. The quantitative estimate of drug-likeness (QED) is 0.856. The van der Waals surface area contributed by atoms with Crippen LogP contribution in [0.15, 0.2) is 24.3 Å². The molecule has 2 heteroatoms. The van der Waals surface area contributed by atoms with Crippen LogP contribution in [0.4, 0.5) is 0 Å². The molecule has 0 spiro atoms. The van der Waals surface area contributed by atoms with Crippen molar-refractivity contribution in [3.8, 4) is 0 Å². The Labute approximate surface area is 105 Å². The molecule has 0 aliphatic carbocycles. The monoisotopic (exact) mass is 232 g/mol. The summed E-state index contributed by atoms with van der Waals surface area (Å²) >= 11 is 0. The summed E-state index contributed by atoms with van der Waals surface area (Å²) in [5.74, 6) is 1.46. The molecule has 1 aliphatic rings. The van der Waals surface area contributed by atoms with Gasteiger partial charge in [-0.15, -0.1) is 0 Å². The minimum Gasteiger partial charge on any atom is -0.319 e. The number of likely N-dealkylation sites (tertiary alicyclic amines) is 1. The molecule has 1 aliphatic heterocycles. The molecule has 1 saturated heterocycles. The molecule has 0 radical (unpaired) electrons. The Morgan fingerprint density at radius 1 is 1.41 bits per heavy atom. The van der Waals surface area contributed by atoms with Crippen LogP contribution in [0.1, 0.15) is 23.5 Å². The number of nitrogens with one attached hydrogen (secondary N) is 1. The molecule has 1 aromatic rings. The van der Waals surface area contributed by atoms with Crippen molar-refractivity contribution in [3.63, 3.8) is 0 Å². The van der Waals surface area contributed by atoms with Crippen molar-refractivity contribution in [1.29, 1.82) is 0 Å². The minimum absolute atomic E-state index is 0.658. The van der Waals surface area contributed by atoms with Gasteiger partial charge in [0.2, 0.25) is 0 Å². The fourth-order valence-corrected chi connectivity index (χ4v) is 3.05. The molecule has 2 nitrogen and oxygen atoms in total. The van der Waals surface area contributed by atoms with E-state index in [4.69, 9.17) is 0 Å². The normalized spacial score (nSPS) is 22.9. The van der Waals surface area contributed by atoms with E-state index in [0.29, 0.717) is 5.92 Å². The highest BCUT2D eigenvalue weighted by atomic mass is 15.1. The van der Waals surface area contributed by atoms with Crippen LogP contribution in [0.5, 0.6) is 0 Å². The van der Waals surface area contributed by atoms with E-state index in [1.807, 2.05) is 0 Å². The third-order valence-electron chi connectivity index (χ3n) is 4.01. The minimum atomic E-state index is 0.658. The van der Waals surface area contributed by atoms with Gasteiger partial charge in [0.05, 0.1) is 0 Å². The van der Waals surface area contributed by atoms with Crippen molar-refractivity contribution in [2.45, 2.75) is 19.3 Å². The first-order valence-electron chi connectivity index (χ1n) is 6.61. The Balaban J connectivity index is 2.20. The van der Waals surface area contributed by atoms with E-state index in [1.54, 1.807) is 0 Å². The molecule has 1 aromatic carbocycles. The highest BCUT2D eigenvalue weighted by Gasteiger charge is 2.28. The predicted octanol–water partition coefficient (Wildman–Crippen LogP) is 2.25. The fraction of sp³-hybridized carbons (Fsp3) is 0.600.